The van der Waals surface area contributed by atoms with Gasteiger partial charge in [0.05, 0.1) is 17.2 Å². The summed E-state index contributed by atoms with van der Waals surface area (Å²) in [5.41, 5.74) is 0.738. The number of halogens is 1. The van der Waals surface area contributed by atoms with E-state index in [1.54, 1.807) is 39.0 Å². The van der Waals surface area contributed by atoms with Crippen LogP contribution in [0.4, 0.5) is 0 Å². The van der Waals surface area contributed by atoms with Gasteiger partial charge in [0.2, 0.25) is 0 Å². The molecule has 3 atom stereocenters. The van der Waals surface area contributed by atoms with Gasteiger partial charge in [-0.3, -0.25) is 0 Å². The predicted octanol–water partition coefficient (Wildman–Crippen LogP) is 2.54. The van der Waals surface area contributed by atoms with Gasteiger partial charge in [-0.15, -0.1) is 0 Å². The first-order chi connectivity index (χ1) is 7.41. The molecule has 90 valence electrons. The molecular formula is C12H17ClO3. The summed E-state index contributed by atoms with van der Waals surface area (Å²) < 4.78 is 5.48. The summed E-state index contributed by atoms with van der Waals surface area (Å²) in [5, 5.41) is 19.1. The van der Waals surface area contributed by atoms with E-state index < -0.39 is 12.2 Å². The zero-order valence-electron chi connectivity index (χ0n) is 9.64. The lowest BCUT2D eigenvalue weighted by Gasteiger charge is -2.18. The van der Waals surface area contributed by atoms with E-state index in [0.717, 1.165) is 5.56 Å². The van der Waals surface area contributed by atoms with Crippen molar-refractivity contribution in [3.8, 4) is 5.75 Å². The first-order valence-electron chi connectivity index (χ1n) is 5.24. The van der Waals surface area contributed by atoms with E-state index in [4.69, 9.17) is 16.3 Å². The Bertz CT molecular complexity index is 350. The molecule has 0 bridgehead atoms. The number of hydrogen-bond acceptors (Lipinski definition) is 3. The maximum absolute atomic E-state index is 9.37. The second-order valence-corrected chi connectivity index (χ2v) is 4.34. The largest absolute Gasteiger partial charge is 0.486 e. The van der Waals surface area contributed by atoms with Crippen LogP contribution in [0.2, 0.25) is 5.02 Å². The third-order valence-corrected chi connectivity index (χ3v) is 2.73. The zero-order chi connectivity index (χ0) is 12.3. The average molecular weight is 245 g/mol. The van der Waals surface area contributed by atoms with E-state index in [2.05, 4.69) is 0 Å². The summed E-state index contributed by atoms with van der Waals surface area (Å²) >= 11 is 6.00. The molecule has 0 radical (unpaired) electrons. The normalized spacial score (nSPS) is 16.6. The fraction of sp³-hybridized carbons (Fsp3) is 0.500. The van der Waals surface area contributed by atoms with E-state index in [0.29, 0.717) is 10.8 Å². The molecule has 1 rings (SSSR count). The maximum atomic E-state index is 9.37. The molecule has 16 heavy (non-hydrogen) atoms. The lowest BCUT2D eigenvalue weighted by molar-refractivity contribution is 0.0604. The number of aliphatic hydroxyl groups is 2. The zero-order valence-corrected chi connectivity index (χ0v) is 10.4. The Labute approximate surface area is 101 Å². The summed E-state index contributed by atoms with van der Waals surface area (Å²) in [6, 6.07) is 5.11. The molecule has 0 fully saturated rings. The lowest BCUT2D eigenvalue weighted by atomic mass is 10.1. The van der Waals surface area contributed by atoms with Gasteiger partial charge < -0.3 is 14.9 Å². The Hall–Kier alpha value is -0.770. The Morgan fingerprint density at radius 1 is 1.19 bits per heavy atom. The Kier molecular flexibility index (Phi) is 4.59. The van der Waals surface area contributed by atoms with Crippen LogP contribution >= 0.6 is 11.6 Å². The Balaban J connectivity index is 2.83. The van der Waals surface area contributed by atoms with Gasteiger partial charge in [0, 0.05) is 0 Å². The van der Waals surface area contributed by atoms with Crippen molar-refractivity contribution in [1.29, 1.82) is 0 Å². The standard InChI is InChI=1S/C12H17ClO3/c1-7(14)9(3)16-12-5-4-10(8(2)15)6-11(12)13/h4-9,14-15H,1-3H3/t7?,8-,9?/m1/s1. The number of ether oxygens (including phenoxy) is 1. The molecule has 0 aliphatic carbocycles. The van der Waals surface area contributed by atoms with Crippen molar-refractivity contribution in [2.45, 2.75) is 39.1 Å². The molecule has 1 aromatic carbocycles. The van der Waals surface area contributed by atoms with Gasteiger partial charge >= 0.3 is 0 Å². The van der Waals surface area contributed by atoms with Crippen molar-refractivity contribution in [3.05, 3.63) is 28.8 Å². The highest BCUT2D eigenvalue weighted by atomic mass is 35.5. The van der Waals surface area contributed by atoms with Gasteiger partial charge in [-0.2, -0.15) is 0 Å². The average Bonchev–Trinajstić information content (AvgIpc) is 2.20. The number of rotatable bonds is 4. The van der Waals surface area contributed by atoms with Crippen LogP contribution in [0, 0.1) is 0 Å². The Morgan fingerprint density at radius 3 is 2.25 bits per heavy atom. The van der Waals surface area contributed by atoms with Crippen LogP contribution in [-0.4, -0.2) is 22.4 Å². The van der Waals surface area contributed by atoms with Gasteiger partial charge in [-0.25, -0.2) is 0 Å². The smallest absolute Gasteiger partial charge is 0.138 e. The third-order valence-electron chi connectivity index (χ3n) is 2.43. The molecule has 2 N–H and O–H groups in total. The van der Waals surface area contributed by atoms with Crippen molar-refractivity contribution in [1.82, 2.24) is 0 Å². The predicted molar refractivity (Wildman–Crippen MR) is 63.9 cm³/mol. The highest BCUT2D eigenvalue weighted by Crippen LogP contribution is 2.28. The van der Waals surface area contributed by atoms with E-state index in [1.807, 2.05) is 0 Å². The molecular weight excluding hydrogens is 228 g/mol. The van der Waals surface area contributed by atoms with Crippen LogP contribution in [0.5, 0.6) is 5.75 Å². The minimum atomic E-state index is -0.562. The van der Waals surface area contributed by atoms with Gasteiger partial charge in [0.25, 0.3) is 0 Å². The van der Waals surface area contributed by atoms with Crippen molar-refractivity contribution < 1.29 is 14.9 Å². The van der Waals surface area contributed by atoms with Crippen molar-refractivity contribution in [3.63, 3.8) is 0 Å². The molecule has 4 heteroatoms. The number of hydrogen-bond donors (Lipinski definition) is 2. The van der Waals surface area contributed by atoms with Crippen LogP contribution in [0.15, 0.2) is 18.2 Å². The van der Waals surface area contributed by atoms with Gasteiger partial charge in [0.1, 0.15) is 11.9 Å². The van der Waals surface area contributed by atoms with Crippen molar-refractivity contribution in [2.75, 3.05) is 0 Å². The van der Waals surface area contributed by atoms with Crippen molar-refractivity contribution in [2.24, 2.45) is 0 Å². The second kappa shape index (κ2) is 5.53. The summed E-state index contributed by atoms with van der Waals surface area (Å²) in [4.78, 5) is 0. The molecule has 0 aliphatic heterocycles. The monoisotopic (exact) mass is 244 g/mol. The summed E-state index contributed by atoms with van der Waals surface area (Å²) in [5.74, 6) is 0.513. The van der Waals surface area contributed by atoms with Gasteiger partial charge in [-0.05, 0) is 38.5 Å². The molecule has 2 unspecified atom stereocenters. The summed E-state index contributed by atoms with van der Waals surface area (Å²) in [6.07, 6.45) is -1.44. The lowest BCUT2D eigenvalue weighted by Crippen LogP contribution is -2.25. The molecule has 1 aromatic rings. The van der Waals surface area contributed by atoms with Crippen LogP contribution in [0.1, 0.15) is 32.4 Å². The second-order valence-electron chi connectivity index (χ2n) is 3.93. The third kappa shape index (κ3) is 3.37. The maximum Gasteiger partial charge on any atom is 0.138 e. The molecule has 3 nitrogen and oxygen atoms in total. The van der Waals surface area contributed by atoms with E-state index >= 15 is 0 Å². The Morgan fingerprint density at radius 2 is 1.81 bits per heavy atom. The van der Waals surface area contributed by atoms with E-state index in [-0.39, 0.29) is 6.10 Å². The first kappa shape index (κ1) is 13.3. The molecule has 0 spiro atoms. The topological polar surface area (TPSA) is 49.7 Å². The highest BCUT2D eigenvalue weighted by molar-refractivity contribution is 6.32. The fourth-order valence-corrected chi connectivity index (χ4v) is 1.40. The van der Waals surface area contributed by atoms with Crippen molar-refractivity contribution >= 4 is 11.6 Å². The minimum absolute atomic E-state index is 0.324. The summed E-state index contributed by atoms with van der Waals surface area (Å²) in [6.45, 7) is 5.09. The van der Waals surface area contributed by atoms with E-state index in [9.17, 15) is 10.2 Å². The molecule has 0 saturated carbocycles. The van der Waals surface area contributed by atoms with Crippen LogP contribution in [-0.2, 0) is 0 Å². The quantitative estimate of drug-likeness (QED) is 0.856. The van der Waals surface area contributed by atoms with E-state index in [1.165, 1.54) is 0 Å². The molecule has 0 amide bonds. The van der Waals surface area contributed by atoms with Gasteiger partial charge in [0.15, 0.2) is 0 Å². The van der Waals surface area contributed by atoms with Crippen LogP contribution in [0.3, 0.4) is 0 Å². The van der Waals surface area contributed by atoms with Crippen LogP contribution in [0.25, 0.3) is 0 Å². The molecule has 0 aliphatic rings. The molecule has 0 saturated heterocycles. The fourth-order valence-electron chi connectivity index (χ4n) is 1.17. The molecule has 0 heterocycles. The summed E-state index contributed by atoms with van der Waals surface area (Å²) in [7, 11) is 0. The minimum Gasteiger partial charge on any atom is -0.486 e. The SMILES string of the molecule is CC(O)C(C)Oc1ccc([C@@H](C)O)cc1Cl. The first-order valence-corrected chi connectivity index (χ1v) is 5.62. The number of benzene rings is 1. The van der Waals surface area contributed by atoms with Gasteiger partial charge in [-0.1, -0.05) is 17.7 Å². The number of aliphatic hydroxyl groups excluding tert-OH is 2. The molecule has 0 aromatic heterocycles. The van der Waals surface area contributed by atoms with Crippen LogP contribution < -0.4 is 4.74 Å². The highest BCUT2D eigenvalue weighted by Gasteiger charge is 2.13.